The molecule has 0 spiro atoms. The number of nitrogens with one attached hydrogen (secondary N) is 1. The number of halogens is 1. The van der Waals surface area contributed by atoms with Gasteiger partial charge in [0.2, 0.25) is 0 Å². The highest BCUT2D eigenvalue weighted by Gasteiger charge is 2.33. The van der Waals surface area contributed by atoms with E-state index in [1.165, 1.54) is 18.4 Å². The summed E-state index contributed by atoms with van der Waals surface area (Å²) in [6.45, 7) is 0.621. The van der Waals surface area contributed by atoms with E-state index >= 15 is 0 Å². The zero-order valence-electron chi connectivity index (χ0n) is 12.0. The summed E-state index contributed by atoms with van der Waals surface area (Å²) in [6.07, 6.45) is 6.07. The van der Waals surface area contributed by atoms with Crippen molar-refractivity contribution in [2.24, 2.45) is 0 Å². The van der Waals surface area contributed by atoms with Crippen molar-refractivity contribution >= 4 is 26.0 Å². The average Bonchev–Trinajstić information content (AvgIpc) is 2.86. The van der Waals surface area contributed by atoms with Crippen molar-refractivity contribution in [2.75, 3.05) is 12.3 Å². The molecule has 0 unspecified atom stereocenters. The summed E-state index contributed by atoms with van der Waals surface area (Å²) in [6, 6.07) is 8.36. The van der Waals surface area contributed by atoms with Crippen LogP contribution in [0.25, 0.3) is 0 Å². The third kappa shape index (κ3) is 5.70. The molecule has 0 aromatic heterocycles. The van der Waals surface area contributed by atoms with Gasteiger partial charge in [-0.25, -0.2) is 0 Å². The highest BCUT2D eigenvalue weighted by molar-refractivity contribution is 9.10. The SMILES string of the molecule is O=S(=O)(O)CCCNC1(Cc2ccc(Br)cc2)CCCC1. The van der Waals surface area contributed by atoms with Crippen molar-refractivity contribution in [2.45, 2.75) is 44.1 Å². The van der Waals surface area contributed by atoms with Gasteiger partial charge >= 0.3 is 0 Å². The Labute approximate surface area is 135 Å². The number of rotatable bonds is 7. The van der Waals surface area contributed by atoms with E-state index in [1.54, 1.807) is 0 Å². The Bertz CT molecular complexity index is 551. The minimum Gasteiger partial charge on any atom is -0.311 e. The number of hydrogen-bond donors (Lipinski definition) is 2. The molecule has 1 saturated carbocycles. The molecule has 0 atom stereocenters. The lowest BCUT2D eigenvalue weighted by Gasteiger charge is -2.31. The van der Waals surface area contributed by atoms with Crippen molar-refractivity contribution in [1.29, 1.82) is 0 Å². The first kappa shape index (κ1) is 16.9. The Hall–Kier alpha value is -0.430. The van der Waals surface area contributed by atoms with Crippen molar-refractivity contribution < 1.29 is 13.0 Å². The van der Waals surface area contributed by atoms with Gasteiger partial charge in [-0.15, -0.1) is 0 Å². The summed E-state index contributed by atoms with van der Waals surface area (Å²) in [4.78, 5) is 0. The Morgan fingerprint density at radius 3 is 2.38 bits per heavy atom. The van der Waals surface area contributed by atoms with Gasteiger partial charge in [-0.3, -0.25) is 4.55 Å². The van der Waals surface area contributed by atoms with Crippen LogP contribution in [0.1, 0.15) is 37.7 Å². The smallest absolute Gasteiger partial charge is 0.264 e. The summed E-state index contributed by atoms with van der Waals surface area (Å²) in [5.41, 5.74) is 1.37. The first-order chi connectivity index (χ1) is 9.89. The predicted octanol–water partition coefficient (Wildman–Crippen LogP) is 3.17. The van der Waals surface area contributed by atoms with Gasteiger partial charge in [-0.05, 0) is 49.9 Å². The fourth-order valence-corrected chi connectivity index (χ4v) is 3.84. The van der Waals surface area contributed by atoms with Crippen LogP contribution in [-0.4, -0.2) is 30.8 Å². The summed E-state index contributed by atoms with van der Waals surface area (Å²) in [5, 5.41) is 3.54. The summed E-state index contributed by atoms with van der Waals surface area (Å²) < 4.78 is 31.4. The molecule has 2 N–H and O–H groups in total. The summed E-state index contributed by atoms with van der Waals surface area (Å²) in [5.74, 6) is -0.172. The van der Waals surface area contributed by atoms with Crippen LogP contribution < -0.4 is 5.32 Å². The largest absolute Gasteiger partial charge is 0.311 e. The second-order valence-electron chi connectivity index (χ2n) is 5.86. The van der Waals surface area contributed by atoms with E-state index in [9.17, 15) is 8.42 Å². The van der Waals surface area contributed by atoms with Gasteiger partial charge in [0.1, 0.15) is 0 Å². The molecule has 1 fully saturated rings. The lowest BCUT2D eigenvalue weighted by atomic mass is 9.89. The van der Waals surface area contributed by atoms with Crippen LogP contribution in [0.15, 0.2) is 28.7 Å². The molecule has 1 aliphatic carbocycles. The van der Waals surface area contributed by atoms with Crippen LogP contribution in [0.3, 0.4) is 0 Å². The Kier molecular flexibility index (Phi) is 5.82. The Morgan fingerprint density at radius 2 is 1.81 bits per heavy atom. The fraction of sp³-hybridized carbons (Fsp3) is 0.600. The van der Waals surface area contributed by atoms with Crippen LogP contribution in [0, 0.1) is 0 Å². The molecule has 0 aliphatic heterocycles. The molecule has 0 radical (unpaired) electrons. The summed E-state index contributed by atoms with van der Waals surface area (Å²) >= 11 is 3.45. The van der Waals surface area contributed by atoms with E-state index in [0.717, 1.165) is 23.7 Å². The third-order valence-corrected chi connectivity index (χ3v) is 5.43. The van der Waals surface area contributed by atoms with Crippen LogP contribution in [0.4, 0.5) is 0 Å². The van der Waals surface area contributed by atoms with Crippen LogP contribution in [-0.2, 0) is 16.5 Å². The minimum absolute atomic E-state index is 0.0764. The van der Waals surface area contributed by atoms with E-state index in [2.05, 4.69) is 45.5 Å². The van der Waals surface area contributed by atoms with E-state index in [4.69, 9.17) is 4.55 Å². The molecular formula is C15H22BrNO3S. The van der Waals surface area contributed by atoms with E-state index in [1.807, 2.05) is 0 Å². The topological polar surface area (TPSA) is 66.4 Å². The van der Waals surface area contributed by atoms with Gasteiger partial charge in [0.15, 0.2) is 0 Å². The van der Waals surface area contributed by atoms with E-state index < -0.39 is 10.1 Å². The molecule has 4 nitrogen and oxygen atoms in total. The zero-order valence-corrected chi connectivity index (χ0v) is 14.4. The maximum atomic E-state index is 10.8. The van der Waals surface area contributed by atoms with Gasteiger partial charge in [0.05, 0.1) is 5.75 Å². The Balaban J connectivity index is 1.92. The first-order valence-corrected chi connectivity index (χ1v) is 9.73. The van der Waals surface area contributed by atoms with Gasteiger partial charge < -0.3 is 5.32 Å². The van der Waals surface area contributed by atoms with E-state index in [-0.39, 0.29) is 11.3 Å². The zero-order chi connectivity index (χ0) is 15.3. The second-order valence-corrected chi connectivity index (χ2v) is 8.34. The van der Waals surface area contributed by atoms with Gasteiger partial charge in [0, 0.05) is 10.0 Å². The lowest BCUT2D eigenvalue weighted by molar-refractivity contribution is 0.329. The van der Waals surface area contributed by atoms with Gasteiger partial charge in [-0.2, -0.15) is 8.42 Å². The van der Waals surface area contributed by atoms with Gasteiger partial charge in [-0.1, -0.05) is 40.9 Å². The quantitative estimate of drug-likeness (QED) is 0.567. The molecule has 0 bridgehead atoms. The van der Waals surface area contributed by atoms with Crippen molar-refractivity contribution in [3.05, 3.63) is 34.3 Å². The molecule has 21 heavy (non-hydrogen) atoms. The molecule has 118 valence electrons. The first-order valence-electron chi connectivity index (χ1n) is 7.33. The molecular weight excluding hydrogens is 354 g/mol. The molecule has 1 aromatic rings. The standard InChI is InChI=1S/C15H22BrNO3S/c16-14-6-4-13(5-7-14)12-15(8-1-2-9-15)17-10-3-11-21(18,19)20/h4-7,17H,1-3,8-12H2,(H,18,19,20). The molecule has 0 heterocycles. The number of hydrogen-bond acceptors (Lipinski definition) is 3. The van der Waals surface area contributed by atoms with Crippen molar-refractivity contribution in [1.82, 2.24) is 5.32 Å². The lowest BCUT2D eigenvalue weighted by Crippen LogP contribution is -2.45. The fourth-order valence-electron chi connectivity index (χ4n) is 3.07. The highest BCUT2D eigenvalue weighted by Crippen LogP contribution is 2.33. The summed E-state index contributed by atoms with van der Waals surface area (Å²) in [7, 11) is -3.85. The highest BCUT2D eigenvalue weighted by atomic mass is 79.9. The van der Waals surface area contributed by atoms with Crippen LogP contribution in [0.5, 0.6) is 0 Å². The van der Waals surface area contributed by atoms with Crippen LogP contribution >= 0.6 is 15.9 Å². The molecule has 0 amide bonds. The molecule has 1 aliphatic rings. The van der Waals surface area contributed by atoms with E-state index in [0.29, 0.717) is 13.0 Å². The van der Waals surface area contributed by atoms with Crippen LogP contribution in [0.2, 0.25) is 0 Å². The third-order valence-electron chi connectivity index (χ3n) is 4.10. The normalized spacial score (nSPS) is 18.0. The Morgan fingerprint density at radius 1 is 1.19 bits per heavy atom. The minimum atomic E-state index is -3.85. The van der Waals surface area contributed by atoms with Gasteiger partial charge in [0.25, 0.3) is 10.1 Å². The maximum Gasteiger partial charge on any atom is 0.264 e. The monoisotopic (exact) mass is 375 g/mol. The number of benzene rings is 1. The second kappa shape index (κ2) is 7.22. The molecule has 0 saturated heterocycles. The molecule has 1 aromatic carbocycles. The van der Waals surface area contributed by atoms with Crippen molar-refractivity contribution in [3.8, 4) is 0 Å². The molecule has 2 rings (SSSR count). The van der Waals surface area contributed by atoms with Crippen molar-refractivity contribution in [3.63, 3.8) is 0 Å². The maximum absolute atomic E-state index is 10.8. The predicted molar refractivity (Wildman–Crippen MR) is 88.1 cm³/mol. The molecule has 6 heteroatoms. The average molecular weight is 376 g/mol.